The monoisotopic (exact) mass is 368 g/mol. The smallest absolute Gasteiger partial charge is 0.266 e. The van der Waals surface area contributed by atoms with Crippen molar-refractivity contribution >= 4 is 23.1 Å². The molecule has 0 aliphatic heterocycles. The topological polar surface area (TPSA) is 59.8 Å². The molecule has 0 aliphatic carbocycles. The zero-order valence-corrected chi connectivity index (χ0v) is 16.6. The maximum Gasteiger partial charge on any atom is 0.266 e. The zero-order valence-electron chi connectivity index (χ0n) is 15.8. The molecule has 3 aromatic heterocycles. The van der Waals surface area contributed by atoms with Gasteiger partial charge < -0.3 is 5.32 Å². The van der Waals surface area contributed by atoms with Crippen LogP contribution in [0, 0.1) is 6.92 Å². The Kier molecular flexibility index (Phi) is 4.96. The number of hydrogen-bond donors (Lipinski definition) is 1. The number of carbonyl (C=O) groups excluding carboxylic acids is 1. The second kappa shape index (κ2) is 7.03. The Hall–Kier alpha value is -2.47. The van der Waals surface area contributed by atoms with Crippen LogP contribution in [0.25, 0.3) is 5.82 Å². The molecule has 0 saturated heterocycles. The summed E-state index contributed by atoms with van der Waals surface area (Å²) in [4.78, 5) is 19.1. The number of nitrogens with one attached hydrogen (secondary N) is 1. The number of carbonyl (C=O) groups is 1. The third kappa shape index (κ3) is 3.70. The van der Waals surface area contributed by atoms with Gasteiger partial charge >= 0.3 is 0 Å². The number of aromatic nitrogens is 3. The van der Waals surface area contributed by atoms with E-state index in [2.05, 4.69) is 43.1 Å². The van der Waals surface area contributed by atoms with Gasteiger partial charge in [-0.1, -0.05) is 33.8 Å². The molecule has 0 fully saturated rings. The zero-order chi connectivity index (χ0) is 18.9. The number of aryl methyl sites for hydroxylation is 2. The van der Waals surface area contributed by atoms with E-state index in [0.717, 1.165) is 17.7 Å². The molecule has 3 aromatic rings. The van der Waals surface area contributed by atoms with Gasteiger partial charge in [0, 0.05) is 22.6 Å². The number of nitrogens with zero attached hydrogens (tertiary/aromatic N) is 3. The number of rotatable bonds is 4. The van der Waals surface area contributed by atoms with Crippen LogP contribution in [0.4, 0.5) is 5.82 Å². The normalized spacial score (nSPS) is 11.6. The van der Waals surface area contributed by atoms with Crippen LogP contribution in [0.3, 0.4) is 0 Å². The van der Waals surface area contributed by atoms with E-state index in [1.165, 1.54) is 4.88 Å². The summed E-state index contributed by atoms with van der Waals surface area (Å²) in [6.07, 6.45) is 2.65. The molecular formula is C20H24N4OS. The van der Waals surface area contributed by atoms with Crippen molar-refractivity contribution in [3.05, 3.63) is 57.5 Å². The first-order valence-electron chi connectivity index (χ1n) is 8.72. The van der Waals surface area contributed by atoms with Crippen molar-refractivity contribution in [2.45, 2.75) is 46.5 Å². The van der Waals surface area contributed by atoms with Gasteiger partial charge in [-0.2, -0.15) is 9.78 Å². The van der Waals surface area contributed by atoms with E-state index in [-0.39, 0.29) is 11.3 Å². The number of anilines is 1. The average Bonchev–Trinajstić information content (AvgIpc) is 3.19. The molecule has 6 heteroatoms. The Morgan fingerprint density at radius 2 is 2.04 bits per heavy atom. The van der Waals surface area contributed by atoms with E-state index >= 15 is 0 Å². The SMILES string of the molecule is CCc1sc(C(=O)Nc2cc(C(C)(C)C)nn2-c2ccccn2)cc1C. The lowest BCUT2D eigenvalue weighted by molar-refractivity contribution is 0.103. The molecule has 3 rings (SSSR count). The molecule has 0 aliphatic rings. The fraction of sp³-hybridized carbons (Fsp3) is 0.350. The summed E-state index contributed by atoms with van der Waals surface area (Å²) in [5.74, 6) is 1.19. The largest absolute Gasteiger partial charge is 0.306 e. The first kappa shape index (κ1) is 18.3. The molecule has 3 heterocycles. The van der Waals surface area contributed by atoms with Crippen LogP contribution >= 0.6 is 11.3 Å². The summed E-state index contributed by atoms with van der Waals surface area (Å²) in [7, 11) is 0. The highest BCUT2D eigenvalue weighted by atomic mass is 32.1. The minimum atomic E-state index is -0.131. The van der Waals surface area contributed by atoms with Gasteiger partial charge in [0.25, 0.3) is 5.91 Å². The van der Waals surface area contributed by atoms with Crippen molar-refractivity contribution in [3.8, 4) is 5.82 Å². The molecule has 0 saturated carbocycles. The maximum absolute atomic E-state index is 12.8. The summed E-state index contributed by atoms with van der Waals surface area (Å²) in [5.41, 5.74) is 1.93. The molecule has 5 nitrogen and oxygen atoms in total. The molecule has 0 bridgehead atoms. The summed E-state index contributed by atoms with van der Waals surface area (Å²) < 4.78 is 1.69. The van der Waals surface area contributed by atoms with Crippen LogP contribution in [0.5, 0.6) is 0 Å². The highest BCUT2D eigenvalue weighted by Gasteiger charge is 2.22. The summed E-state index contributed by atoms with van der Waals surface area (Å²) >= 11 is 1.54. The molecule has 136 valence electrons. The molecule has 0 spiro atoms. The Morgan fingerprint density at radius 1 is 1.27 bits per heavy atom. The fourth-order valence-corrected chi connectivity index (χ4v) is 3.66. The van der Waals surface area contributed by atoms with Crippen LogP contribution < -0.4 is 5.32 Å². The number of amides is 1. The first-order valence-corrected chi connectivity index (χ1v) is 9.54. The highest BCUT2D eigenvalue weighted by molar-refractivity contribution is 7.14. The average molecular weight is 369 g/mol. The number of pyridine rings is 1. The minimum absolute atomic E-state index is 0.115. The van der Waals surface area contributed by atoms with E-state index in [1.54, 1.807) is 22.2 Å². The van der Waals surface area contributed by atoms with Gasteiger partial charge in [0.15, 0.2) is 5.82 Å². The van der Waals surface area contributed by atoms with Crippen LogP contribution in [0.2, 0.25) is 0 Å². The highest BCUT2D eigenvalue weighted by Crippen LogP contribution is 2.27. The van der Waals surface area contributed by atoms with Crippen molar-refractivity contribution in [2.24, 2.45) is 0 Å². The van der Waals surface area contributed by atoms with Gasteiger partial charge in [0.05, 0.1) is 10.6 Å². The van der Waals surface area contributed by atoms with Crippen molar-refractivity contribution in [3.63, 3.8) is 0 Å². The van der Waals surface area contributed by atoms with Gasteiger partial charge in [-0.15, -0.1) is 11.3 Å². The molecule has 1 amide bonds. The lowest BCUT2D eigenvalue weighted by Gasteiger charge is -2.13. The van der Waals surface area contributed by atoms with Crippen molar-refractivity contribution in [2.75, 3.05) is 5.32 Å². The Labute approximate surface area is 158 Å². The van der Waals surface area contributed by atoms with E-state index in [1.807, 2.05) is 37.3 Å². The van der Waals surface area contributed by atoms with Gasteiger partial charge in [-0.25, -0.2) is 4.98 Å². The maximum atomic E-state index is 12.8. The summed E-state index contributed by atoms with van der Waals surface area (Å²) in [5, 5.41) is 7.69. The van der Waals surface area contributed by atoms with Crippen molar-refractivity contribution in [1.29, 1.82) is 0 Å². The Bertz CT molecular complexity index is 919. The number of thiophene rings is 1. The molecule has 0 aromatic carbocycles. The quantitative estimate of drug-likeness (QED) is 0.723. The minimum Gasteiger partial charge on any atom is -0.306 e. The van der Waals surface area contributed by atoms with Crippen LogP contribution in [-0.4, -0.2) is 20.7 Å². The van der Waals surface area contributed by atoms with Gasteiger partial charge in [0.1, 0.15) is 5.82 Å². The van der Waals surface area contributed by atoms with E-state index in [4.69, 9.17) is 0 Å². The van der Waals surface area contributed by atoms with Crippen LogP contribution in [0.1, 0.15) is 53.5 Å². The fourth-order valence-electron chi connectivity index (χ4n) is 2.65. The van der Waals surface area contributed by atoms with Gasteiger partial charge in [0.2, 0.25) is 0 Å². The lowest BCUT2D eigenvalue weighted by Crippen LogP contribution is -2.14. The molecule has 0 unspecified atom stereocenters. The third-order valence-corrected chi connectivity index (χ3v) is 5.53. The summed E-state index contributed by atoms with van der Waals surface area (Å²) in [6.45, 7) is 10.4. The Balaban J connectivity index is 1.98. The Morgan fingerprint density at radius 3 is 2.62 bits per heavy atom. The third-order valence-electron chi connectivity index (χ3n) is 4.15. The number of hydrogen-bond acceptors (Lipinski definition) is 4. The van der Waals surface area contributed by atoms with Crippen molar-refractivity contribution in [1.82, 2.24) is 14.8 Å². The molecule has 0 atom stereocenters. The predicted octanol–water partition coefficient (Wildman–Crippen LogP) is 4.75. The predicted molar refractivity (Wildman–Crippen MR) is 106 cm³/mol. The lowest BCUT2D eigenvalue weighted by atomic mass is 9.92. The molecule has 0 radical (unpaired) electrons. The van der Waals surface area contributed by atoms with E-state index < -0.39 is 0 Å². The van der Waals surface area contributed by atoms with Crippen LogP contribution in [-0.2, 0) is 11.8 Å². The van der Waals surface area contributed by atoms with E-state index in [9.17, 15) is 4.79 Å². The van der Waals surface area contributed by atoms with Crippen molar-refractivity contribution < 1.29 is 4.79 Å². The second-order valence-corrected chi connectivity index (χ2v) is 8.43. The second-order valence-electron chi connectivity index (χ2n) is 7.29. The first-order chi connectivity index (χ1) is 12.3. The van der Waals surface area contributed by atoms with E-state index in [0.29, 0.717) is 16.5 Å². The molecular weight excluding hydrogens is 344 g/mol. The molecule has 26 heavy (non-hydrogen) atoms. The van der Waals surface area contributed by atoms with Gasteiger partial charge in [-0.05, 0) is 37.1 Å². The van der Waals surface area contributed by atoms with Gasteiger partial charge in [-0.3, -0.25) is 4.79 Å². The molecule has 1 N–H and O–H groups in total. The standard InChI is InChI=1S/C20H24N4OS/c1-6-14-13(2)11-15(26-14)19(25)22-18-12-16(20(3,4)5)23-24(18)17-9-7-8-10-21-17/h7-12H,6H2,1-5H3,(H,22,25). The van der Waals surface area contributed by atoms with Crippen LogP contribution in [0.15, 0.2) is 36.5 Å². The summed E-state index contributed by atoms with van der Waals surface area (Å²) in [6, 6.07) is 9.51.